The number of methoxy groups -OCH3 is 1. The second kappa shape index (κ2) is 5.26. The summed E-state index contributed by atoms with van der Waals surface area (Å²) in [6.45, 7) is 0. The van der Waals surface area contributed by atoms with E-state index >= 15 is 0 Å². The van der Waals surface area contributed by atoms with Crippen LogP contribution < -0.4 is 4.74 Å². The Balaban J connectivity index is 2.97. The summed E-state index contributed by atoms with van der Waals surface area (Å²) < 4.78 is 4.82. The third-order valence-corrected chi connectivity index (χ3v) is 2.15. The average molecular weight is 241 g/mol. The van der Waals surface area contributed by atoms with E-state index in [-0.39, 0.29) is 17.9 Å². The molecule has 0 aliphatic heterocycles. The van der Waals surface area contributed by atoms with E-state index in [1.54, 1.807) is 0 Å². The lowest BCUT2D eigenvalue weighted by Crippen LogP contribution is -2.21. The van der Waals surface area contributed by atoms with Gasteiger partial charge in [-0.1, -0.05) is 6.07 Å². The first-order valence-corrected chi connectivity index (χ1v) is 4.68. The maximum Gasteiger partial charge on any atom is 0.332 e. The molecule has 0 aromatic heterocycles. The summed E-state index contributed by atoms with van der Waals surface area (Å²) in [6, 6.07) is 3.93. The molecular formula is C10H11NO6. The molecule has 17 heavy (non-hydrogen) atoms. The molecule has 7 nitrogen and oxygen atoms in total. The second-order valence-electron chi connectivity index (χ2n) is 3.32. The molecule has 0 amide bonds. The van der Waals surface area contributed by atoms with Gasteiger partial charge in [0.2, 0.25) is 0 Å². The van der Waals surface area contributed by atoms with Crippen molar-refractivity contribution in [3.05, 3.63) is 33.9 Å². The predicted molar refractivity (Wildman–Crippen MR) is 57.0 cm³/mol. The number of ether oxygens (including phenoxy) is 1. The highest BCUT2D eigenvalue weighted by Gasteiger charge is 2.18. The first kappa shape index (κ1) is 12.9. The third kappa shape index (κ3) is 3.15. The Morgan fingerprint density at radius 3 is 2.71 bits per heavy atom. The van der Waals surface area contributed by atoms with Crippen LogP contribution in [0, 0.1) is 10.1 Å². The maximum absolute atomic E-state index is 10.6. The number of nitro benzene ring substituents is 1. The summed E-state index contributed by atoms with van der Waals surface area (Å²) in [5.74, 6) is -1.31. The van der Waals surface area contributed by atoms with Gasteiger partial charge in [-0.25, -0.2) is 4.79 Å². The molecule has 0 saturated heterocycles. The number of carboxylic acid groups (broad SMARTS) is 1. The lowest BCUT2D eigenvalue weighted by atomic mass is 10.1. The van der Waals surface area contributed by atoms with Crippen LogP contribution in [0.1, 0.15) is 5.56 Å². The number of carboxylic acids is 1. The first-order valence-electron chi connectivity index (χ1n) is 4.68. The van der Waals surface area contributed by atoms with Crippen LogP contribution in [0.3, 0.4) is 0 Å². The molecule has 2 N–H and O–H groups in total. The fourth-order valence-corrected chi connectivity index (χ4v) is 1.31. The Labute approximate surface area is 96.4 Å². The molecule has 0 saturated carbocycles. The topological polar surface area (TPSA) is 110 Å². The van der Waals surface area contributed by atoms with Crippen molar-refractivity contribution in [1.29, 1.82) is 0 Å². The molecule has 1 unspecified atom stereocenters. The Morgan fingerprint density at radius 1 is 1.59 bits per heavy atom. The van der Waals surface area contributed by atoms with Gasteiger partial charge >= 0.3 is 11.7 Å². The van der Waals surface area contributed by atoms with Crippen LogP contribution in [0.5, 0.6) is 5.75 Å². The summed E-state index contributed by atoms with van der Waals surface area (Å²) in [7, 11) is 1.28. The summed E-state index contributed by atoms with van der Waals surface area (Å²) in [4.78, 5) is 20.4. The largest absolute Gasteiger partial charge is 0.490 e. The molecule has 7 heteroatoms. The van der Waals surface area contributed by atoms with Crippen molar-refractivity contribution in [3.8, 4) is 5.75 Å². The highest BCUT2D eigenvalue weighted by molar-refractivity contribution is 5.72. The number of rotatable bonds is 5. The molecule has 0 heterocycles. The molecule has 92 valence electrons. The van der Waals surface area contributed by atoms with Gasteiger partial charge < -0.3 is 14.9 Å². The maximum atomic E-state index is 10.6. The minimum atomic E-state index is -1.54. The summed E-state index contributed by atoms with van der Waals surface area (Å²) in [5, 5.41) is 28.3. The zero-order chi connectivity index (χ0) is 13.0. The number of carbonyl (C=O) groups is 1. The quantitative estimate of drug-likeness (QED) is 0.576. The van der Waals surface area contributed by atoms with E-state index in [1.807, 2.05) is 0 Å². The van der Waals surface area contributed by atoms with Gasteiger partial charge in [0.25, 0.3) is 0 Å². The lowest BCUT2D eigenvalue weighted by Gasteiger charge is -2.07. The van der Waals surface area contributed by atoms with Crippen molar-refractivity contribution in [3.63, 3.8) is 0 Å². The fourth-order valence-electron chi connectivity index (χ4n) is 1.31. The van der Waals surface area contributed by atoms with Gasteiger partial charge in [0, 0.05) is 12.5 Å². The highest BCUT2D eigenvalue weighted by Crippen LogP contribution is 2.27. The number of nitro groups is 1. The van der Waals surface area contributed by atoms with Gasteiger partial charge in [-0.05, 0) is 11.6 Å². The molecule has 1 rings (SSSR count). The van der Waals surface area contributed by atoms with Gasteiger partial charge in [-0.15, -0.1) is 0 Å². The smallest absolute Gasteiger partial charge is 0.332 e. The number of aliphatic hydroxyl groups excluding tert-OH is 1. The van der Waals surface area contributed by atoms with E-state index in [0.29, 0.717) is 5.56 Å². The average Bonchev–Trinajstić information content (AvgIpc) is 2.28. The summed E-state index contributed by atoms with van der Waals surface area (Å²) >= 11 is 0. The molecule has 0 aliphatic carbocycles. The fraction of sp³-hybridized carbons (Fsp3) is 0.300. The van der Waals surface area contributed by atoms with E-state index < -0.39 is 17.0 Å². The first-order chi connectivity index (χ1) is 7.95. The van der Waals surface area contributed by atoms with Crippen LogP contribution in [0.15, 0.2) is 18.2 Å². The highest BCUT2D eigenvalue weighted by atomic mass is 16.6. The molecule has 1 atom stereocenters. The third-order valence-electron chi connectivity index (χ3n) is 2.15. The van der Waals surface area contributed by atoms with E-state index in [4.69, 9.17) is 14.9 Å². The number of nitrogens with zero attached hydrogens (tertiary/aromatic N) is 1. The van der Waals surface area contributed by atoms with Gasteiger partial charge in [0.1, 0.15) is 0 Å². The van der Waals surface area contributed by atoms with Crippen LogP contribution in [-0.2, 0) is 11.2 Å². The van der Waals surface area contributed by atoms with Gasteiger partial charge in [0.15, 0.2) is 11.9 Å². The minimum absolute atomic E-state index is 0.0325. The van der Waals surface area contributed by atoms with Crippen molar-refractivity contribution in [2.24, 2.45) is 0 Å². The van der Waals surface area contributed by atoms with Crippen LogP contribution in [0.2, 0.25) is 0 Å². The van der Waals surface area contributed by atoms with Crippen molar-refractivity contribution >= 4 is 11.7 Å². The van der Waals surface area contributed by atoms with Crippen molar-refractivity contribution in [1.82, 2.24) is 0 Å². The van der Waals surface area contributed by atoms with E-state index in [9.17, 15) is 14.9 Å². The number of hydrogen-bond acceptors (Lipinski definition) is 5. The van der Waals surface area contributed by atoms with Gasteiger partial charge in [0.05, 0.1) is 12.0 Å². The summed E-state index contributed by atoms with van der Waals surface area (Å²) in [6.07, 6.45) is -1.68. The van der Waals surface area contributed by atoms with Crippen molar-refractivity contribution < 1.29 is 24.7 Å². The number of hydrogen-bond donors (Lipinski definition) is 2. The van der Waals surface area contributed by atoms with E-state index in [1.165, 1.54) is 25.3 Å². The number of aliphatic carboxylic acids is 1. The molecule has 1 aromatic rings. The Hall–Kier alpha value is -2.15. The molecule has 0 bridgehead atoms. The van der Waals surface area contributed by atoms with Crippen molar-refractivity contribution in [2.75, 3.05) is 7.11 Å². The number of aliphatic hydroxyl groups is 1. The van der Waals surface area contributed by atoms with Gasteiger partial charge in [-0.2, -0.15) is 0 Å². The zero-order valence-corrected chi connectivity index (χ0v) is 8.99. The summed E-state index contributed by atoms with van der Waals surface area (Å²) in [5.41, 5.74) is 0.239. The second-order valence-corrected chi connectivity index (χ2v) is 3.32. The van der Waals surface area contributed by atoms with Crippen LogP contribution in [0.25, 0.3) is 0 Å². The van der Waals surface area contributed by atoms with E-state index in [0.717, 1.165) is 0 Å². The predicted octanol–water partition coefficient (Wildman–Crippen LogP) is 0.591. The van der Waals surface area contributed by atoms with E-state index in [2.05, 4.69) is 0 Å². The molecule has 0 fully saturated rings. The Kier molecular flexibility index (Phi) is 4.00. The van der Waals surface area contributed by atoms with Crippen LogP contribution >= 0.6 is 0 Å². The van der Waals surface area contributed by atoms with Crippen LogP contribution in [-0.4, -0.2) is 34.3 Å². The molecule has 0 aliphatic rings. The molecule has 0 spiro atoms. The van der Waals surface area contributed by atoms with Crippen molar-refractivity contribution in [2.45, 2.75) is 12.5 Å². The number of benzene rings is 1. The SMILES string of the molecule is COc1cc(CC(O)C(=O)O)ccc1[N+](=O)[O-]. The minimum Gasteiger partial charge on any atom is -0.490 e. The standard InChI is InChI=1S/C10H11NO6/c1-17-9-5-6(4-8(12)10(13)14)2-3-7(9)11(15)16/h2-3,5,8,12H,4H2,1H3,(H,13,14). The Bertz CT molecular complexity index is 444. The monoisotopic (exact) mass is 241 g/mol. The van der Waals surface area contributed by atoms with Gasteiger partial charge in [-0.3, -0.25) is 10.1 Å². The lowest BCUT2D eigenvalue weighted by molar-refractivity contribution is -0.385. The normalized spacial score (nSPS) is 11.9. The zero-order valence-electron chi connectivity index (χ0n) is 8.99. The molecule has 0 radical (unpaired) electrons. The Morgan fingerprint density at radius 2 is 2.24 bits per heavy atom. The molecule has 1 aromatic carbocycles. The molecular weight excluding hydrogens is 230 g/mol. The van der Waals surface area contributed by atoms with Crippen LogP contribution in [0.4, 0.5) is 5.69 Å².